The van der Waals surface area contributed by atoms with Crippen LogP contribution in [0.4, 0.5) is 5.69 Å². The lowest BCUT2D eigenvalue weighted by atomic mass is 9.95. The molecule has 0 fully saturated rings. The molecule has 5 rings (SSSR count). The van der Waals surface area contributed by atoms with E-state index >= 15 is 0 Å². The summed E-state index contributed by atoms with van der Waals surface area (Å²) >= 11 is 1.07. The first-order valence-corrected chi connectivity index (χ1v) is 13.2. The number of amides is 2. The minimum Gasteiger partial charge on any atom is -0.358 e. The zero-order valence-corrected chi connectivity index (χ0v) is 19.7. The van der Waals surface area contributed by atoms with Crippen molar-refractivity contribution in [2.24, 2.45) is 0 Å². The summed E-state index contributed by atoms with van der Waals surface area (Å²) in [6.07, 6.45) is 4.28. The third kappa shape index (κ3) is 4.29. The fraction of sp³-hybridized carbons (Fsp3) is 0.167. The number of hydrazine groups is 1. The molecule has 8 nitrogen and oxygen atoms in total. The van der Waals surface area contributed by atoms with Gasteiger partial charge in [-0.2, -0.15) is 0 Å². The number of anilines is 1. The standard InChI is InChI=1S/C24H22N4O4S2/c29-23(15-11-12-20-18(14-15)16-6-1-3-8-19(16)25-20)26-27-24(30)17-7-2-4-9-21(17)28-34(31,32)22-10-5-13-33-22/h2,4-5,7,9-14,25,28H,1,3,6,8H2,(H,26,29)(H,27,30). The molecule has 10 heteroatoms. The number of thiophene rings is 1. The predicted molar refractivity (Wildman–Crippen MR) is 131 cm³/mol. The number of nitrogens with one attached hydrogen (secondary N) is 4. The van der Waals surface area contributed by atoms with Crippen LogP contribution in [0, 0.1) is 0 Å². The Morgan fingerprint density at radius 1 is 0.912 bits per heavy atom. The Labute approximate surface area is 200 Å². The Hall–Kier alpha value is -3.63. The van der Waals surface area contributed by atoms with Crippen LogP contribution in [-0.2, 0) is 22.9 Å². The number of hydrogen-bond donors (Lipinski definition) is 4. The van der Waals surface area contributed by atoms with Gasteiger partial charge in [-0.05, 0) is 73.0 Å². The highest BCUT2D eigenvalue weighted by molar-refractivity contribution is 7.94. The summed E-state index contributed by atoms with van der Waals surface area (Å²) in [5, 5.41) is 2.69. The first-order chi connectivity index (χ1) is 16.4. The summed E-state index contributed by atoms with van der Waals surface area (Å²) < 4.78 is 27.7. The number of para-hydroxylation sites is 1. The van der Waals surface area contributed by atoms with Crippen molar-refractivity contribution in [2.75, 3.05) is 4.72 Å². The molecule has 4 N–H and O–H groups in total. The Balaban J connectivity index is 1.31. The average Bonchev–Trinajstić information content (AvgIpc) is 3.51. The molecule has 2 aromatic heterocycles. The van der Waals surface area contributed by atoms with Gasteiger partial charge in [0, 0.05) is 22.2 Å². The molecule has 174 valence electrons. The van der Waals surface area contributed by atoms with Crippen LogP contribution in [-0.4, -0.2) is 25.2 Å². The Morgan fingerprint density at radius 2 is 1.71 bits per heavy atom. The van der Waals surface area contributed by atoms with Crippen molar-refractivity contribution in [1.82, 2.24) is 15.8 Å². The highest BCUT2D eigenvalue weighted by Crippen LogP contribution is 2.29. The van der Waals surface area contributed by atoms with E-state index in [0.29, 0.717) is 5.56 Å². The maximum absolute atomic E-state index is 12.8. The van der Waals surface area contributed by atoms with E-state index in [1.165, 1.54) is 29.5 Å². The van der Waals surface area contributed by atoms with Crippen LogP contribution < -0.4 is 15.6 Å². The summed E-state index contributed by atoms with van der Waals surface area (Å²) in [6.45, 7) is 0. The van der Waals surface area contributed by atoms with Crippen molar-refractivity contribution in [2.45, 2.75) is 29.9 Å². The Kier molecular flexibility index (Phi) is 5.84. The number of aromatic amines is 1. The number of rotatable bonds is 5. The zero-order chi connectivity index (χ0) is 23.7. The van der Waals surface area contributed by atoms with Gasteiger partial charge in [-0.1, -0.05) is 18.2 Å². The van der Waals surface area contributed by atoms with Crippen molar-refractivity contribution >= 4 is 49.8 Å². The summed E-state index contributed by atoms with van der Waals surface area (Å²) in [6, 6.07) is 14.7. The molecule has 0 bridgehead atoms. The third-order valence-corrected chi connectivity index (χ3v) is 8.59. The second-order valence-electron chi connectivity index (χ2n) is 8.04. The van der Waals surface area contributed by atoms with E-state index in [4.69, 9.17) is 0 Å². The maximum atomic E-state index is 12.8. The SMILES string of the molecule is O=C(NNC(=O)c1ccccc1NS(=O)(=O)c1cccs1)c1ccc2[nH]c3c(c2c1)CCCC3. The zero-order valence-electron chi connectivity index (χ0n) is 18.1. The van der Waals surface area contributed by atoms with E-state index in [9.17, 15) is 18.0 Å². The summed E-state index contributed by atoms with van der Waals surface area (Å²) in [5.41, 5.74) is 8.92. The number of aromatic nitrogens is 1. The molecule has 0 unspecified atom stereocenters. The fourth-order valence-corrected chi connectivity index (χ4v) is 6.25. The van der Waals surface area contributed by atoms with Gasteiger partial charge in [0.05, 0.1) is 11.3 Å². The normalized spacial score (nSPS) is 13.3. The first-order valence-electron chi connectivity index (χ1n) is 10.8. The molecule has 1 aliphatic rings. The maximum Gasteiger partial charge on any atom is 0.271 e. The lowest BCUT2D eigenvalue weighted by molar-refractivity contribution is 0.0847. The minimum atomic E-state index is -3.83. The van der Waals surface area contributed by atoms with E-state index in [1.54, 1.807) is 29.6 Å². The molecule has 0 saturated heterocycles. The molecule has 0 atom stereocenters. The number of aryl methyl sites for hydroxylation is 2. The van der Waals surface area contributed by atoms with Gasteiger partial charge in [-0.15, -0.1) is 11.3 Å². The molecule has 4 aromatic rings. The van der Waals surface area contributed by atoms with Crippen LogP contribution in [0.1, 0.15) is 44.8 Å². The van der Waals surface area contributed by atoms with Crippen LogP contribution in [0.2, 0.25) is 0 Å². The summed E-state index contributed by atoms with van der Waals surface area (Å²) in [7, 11) is -3.83. The van der Waals surface area contributed by atoms with E-state index in [0.717, 1.165) is 47.9 Å². The topological polar surface area (TPSA) is 120 Å². The molecular formula is C24H22N4O4S2. The molecule has 0 saturated carbocycles. The quantitative estimate of drug-likeness (QED) is 0.314. The third-order valence-electron chi connectivity index (χ3n) is 5.83. The second-order valence-corrected chi connectivity index (χ2v) is 10.9. The molecule has 2 amide bonds. The van der Waals surface area contributed by atoms with Gasteiger partial charge in [0.2, 0.25) is 0 Å². The molecule has 0 spiro atoms. The Morgan fingerprint density at radius 3 is 2.53 bits per heavy atom. The van der Waals surface area contributed by atoms with Crippen molar-refractivity contribution in [3.05, 3.63) is 82.4 Å². The van der Waals surface area contributed by atoms with Crippen LogP contribution in [0.15, 0.2) is 64.2 Å². The summed E-state index contributed by atoms with van der Waals surface area (Å²) in [4.78, 5) is 28.9. The second kappa shape index (κ2) is 8.96. The molecule has 0 radical (unpaired) electrons. The van der Waals surface area contributed by atoms with Crippen molar-refractivity contribution in [3.63, 3.8) is 0 Å². The molecule has 1 aliphatic carbocycles. The smallest absolute Gasteiger partial charge is 0.271 e. The van der Waals surface area contributed by atoms with Gasteiger partial charge in [0.15, 0.2) is 0 Å². The van der Waals surface area contributed by atoms with E-state index in [1.807, 2.05) is 12.1 Å². The predicted octanol–water partition coefficient (Wildman–Crippen LogP) is 3.98. The number of fused-ring (bicyclic) bond motifs is 3. The van der Waals surface area contributed by atoms with Gasteiger partial charge in [-0.3, -0.25) is 25.2 Å². The van der Waals surface area contributed by atoms with Crippen LogP contribution in [0.3, 0.4) is 0 Å². The highest BCUT2D eigenvalue weighted by atomic mass is 32.2. The van der Waals surface area contributed by atoms with Gasteiger partial charge in [0.25, 0.3) is 21.8 Å². The van der Waals surface area contributed by atoms with Crippen LogP contribution >= 0.6 is 11.3 Å². The average molecular weight is 495 g/mol. The number of carbonyl (C=O) groups is 2. The minimum absolute atomic E-state index is 0.0816. The molecule has 2 heterocycles. The van der Waals surface area contributed by atoms with Gasteiger partial charge in [-0.25, -0.2) is 8.42 Å². The highest BCUT2D eigenvalue weighted by Gasteiger charge is 2.20. The van der Waals surface area contributed by atoms with Crippen molar-refractivity contribution < 1.29 is 18.0 Å². The number of hydrogen-bond acceptors (Lipinski definition) is 5. The Bertz CT molecular complexity index is 1490. The van der Waals surface area contributed by atoms with Crippen molar-refractivity contribution in [3.8, 4) is 0 Å². The van der Waals surface area contributed by atoms with Gasteiger partial charge < -0.3 is 4.98 Å². The lowest BCUT2D eigenvalue weighted by Gasteiger charge is -2.13. The summed E-state index contributed by atoms with van der Waals surface area (Å²) in [5.74, 6) is -1.10. The molecule has 2 aromatic carbocycles. The van der Waals surface area contributed by atoms with E-state index < -0.39 is 21.8 Å². The number of H-pyrrole nitrogens is 1. The number of benzene rings is 2. The largest absolute Gasteiger partial charge is 0.358 e. The molecule has 34 heavy (non-hydrogen) atoms. The fourth-order valence-electron chi connectivity index (χ4n) is 4.18. The lowest BCUT2D eigenvalue weighted by Crippen LogP contribution is -2.41. The van der Waals surface area contributed by atoms with Gasteiger partial charge in [0.1, 0.15) is 4.21 Å². The first kappa shape index (κ1) is 22.2. The van der Waals surface area contributed by atoms with Crippen molar-refractivity contribution in [1.29, 1.82) is 0 Å². The van der Waals surface area contributed by atoms with Crippen LogP contribution in [0.5, 0.6) is 0 Å². The number of sulfonamides is 1. The monoisotopic (exact) mass is 494 g/mol. The molecule has 0 aliphatic heterocycles. The van der Waals surface area contributed by atoms with Gasteiger partial charge >= 0.3 is 0 Å². The van der Waals surface area contributed by atoms with Crippen LogP contribution in [0.25, 0.3) is 10.9 Å². The van der Waals surface area contributed by atoms with E-state index in [-0.39, 0.29) is 15.5 Å². The molecular weight excluding hydrogens is 472 g/mol. The number of carbonyl (C=O) groups excluding carboxylic acids is 2. The van der Waals surface area contributed by atoms with E-state index in [2.05, 4.69) is 20.6 Å².